The molecule has 0 radical (unpaired) electrons. The topological polar surface area (TPSA) is 99.3 Å². The molecule has 3 amide bonds. The summed E-state index contributed by atoms with van der Waals surface area (Å²) in [4.78, 5) is 35.8. The van der Waals surface area contributed by atoms with Crippen molar-refractivity contribution in [3.05, 3.63) is 29.8 Å². The molecule has 1 saturated heterocycles. The Morgan fingerprint density at radius 1 is 1.21 bits per heavy atom. The van der Waals surface area contributed by atoms with Crippen molar-refractivity contribution in [3.63, 3.8) is 0 Å². The zero-order valence-corrected chi connectivity index (χ0v) is 16.2. The van der Waals surface area contributed by atoms with Crippen LogP contribution in [0, 0.1) is 0 Å². The van der Waals surface area contributed by atoms with Crippen LogP contribution in [0.25, 0.3) is 0 Å². The van der Waals surface area contributed by atoms with Gasteiger partial charge in [0.15, 0.2) is 0 Å². The fourth-order valence-electron chi connectivity index (χ4n) is 2.83. The van der Waals surface area contributed by atoms with Gasteiger partial charge in [-0.1, -0.05) is 6.07 Å². The highest BCUT2D eigenvalue weighted by molar-refractivity contribution is 8.00. The van der Waals surface area contributed by atoms with E-state index in [1.165, 1.54) is 12.1 Å². The van der Waals surface area contributed by atoms with Gasteiger partial charge in [0.2, 0.25) is 17.7 Å². The van der Waals surface area contributed by atoms with Crippen molar-refractivity contribution >= 4 is 35.2 Å². The van der Waals surface area contributed by atoms with Crippen molar-refractivity contribution < 1.29 is 27.6 Å². The standard InChI is InChI=1S/C18H21F3N4O3S/c19-18(20,21)10-2-1-3-12(6-10)23-16(28)9-29-17-24-13(8-15(27)25-17)7-14(26)22-11-4-5-11/h1-3,6,11,13,17,24H,4-5,7-9H2,(H,22,26)(H,23,28)(H,25,27). The molecule has 11 heteroatoms. The number of benzene rings is 1. The zero-order valence-electron chi connectivity index (χ0n) is 15.3. The van der Waals surface area contributed by atoms with E-state index in [1.54, 1.807) is 0 Å². The number of carbonyl (C=O) groups is 3. The van der Waals surface area contributed by atoms with Gasteiger partial charge >= 0.3 is 6.18 Å². The van der Waals surface area contributed by atoms with Gasteiger partial charge in [-0.15, -0.1) is 11.8 Å². The predicted octanol–water partition coefficient (Wildman–Crippen LogP) is 1.81. The largest absolute Gasteiger partial charge is 0.416 e. The Hall–Kier alpha value is -2.27. The maximum Gasteiger partial charge on any atom is 0.416 e. The van der Waals surface area contributed by atoms with E-state index in [4.69, 9.17) is 0 Å². The number of nitrogens with one attached hydrogen (secondary N) is 4. The predicted molar refractivity (Wildman–Crippen MR) is 102 cm³/mol. The van der Waals surface area contributed by atoms with Crippen molar-refractivity contribution in [2.45, 2.75) is 49.4 Å². The lowest BCUT2D eigenvalue weighted by Gasteiger charge is -2.30. The van der Waals surface area contributed by atoms with E-state index in [1.807, 2.05) is 0 Å². The molecule has 2 aliphatic rings. The van der Waals surface area contributed by atoms with Gasteiger partial charge in [0.1, 0.15) is 5.50 Å². The molecular formula is C18H21F3N4O3S. The maximum atomic E-state index is 12.7. The molecule has 1 aromatic rings. The van der Waals surface area contributed by atoms with E-state index in [9.17, 15) is 27.6 Å². The Bertz CT molecular complexity index is 786. The number of amides is 3. The van der Waals surface area contributed by atoms with Crippen LogP contribution < -0.4 is 21.3 Å². The molecule has 0 spiro atoms. The van der Waals surface area contributed by atoms with Crippen LogP contribution in [-0.2, 0) is 20.6 Å². The van der Waals surface area contributed by atoms with Gasteiger partial charge < -0.3 is 16.0 Å². The first-order valence-electron chi connectivity index (χ1n) is 9.12. The molecule has 158 valence electrons. The summed E-state index contributed by atoms with van der Waals surface area (Å²) in [5.41, 5.74) is -1.38. The second kappa shape index (κ2) is 9.04. The van der Waals surface area contributed by atoms with Gasteiger partial charge in [0, 0.05) is 30.6 Å². The van der Waals surface area contributed by atoms with Crippen LogP contribution in [0.2, 0.25) is 0 Å². The molecule has 4 N–H and O–H groups in total. The van der Waals surface area contributed by atoms with E-state index in [-0.39, 0.29) is 48.2 Å². The van der Waals surface area contributed by atoms with Crippen molar-refractivity contribution in [1.82, 2.24) is 16.0 Å². The number of anilines is 1. The van der Waals surface area contributed by atoms with E-state index in [2.05, 4.69) is 21.3 Å². The Kier molecular flexibility index (Phi) is 6.68. The lowest BCUT2D eigenvalue weighted by atomic mass is 10.1. The van der Waals surface area contributed by atoms with Gasteiger partial charge in [-0.25, -0.2) is 0 Å². The van der Waals surface area contributed by atoms with Crippen LogP contribution >= 0.6 is 11.8 Å². The highest BCUT2D eigenvalue weighted by atomic mass is 32.2. The minimum Gasteiger partial charge on any atom is -0.353 e. The Morgan fingerprint density at radius 2 is 1.97 bits per heavy atom. The smallest absolute Gasteiger partial charge is 0.353 e. The second-order valence-electron chi connectivity index (χ2n) is 7.00. The summed E-state index contributed by atoms with van der Waals surface area (Å²) in [7, 11) is 0. The van der Waals surface area contributed by atoms with Crippen molar-refractivity contribution in [2.24, 2.45) is 0 Å². The molecule has 2 unspecified atom stereocenters. The number of halogens is 3. The fraction of sp³-hybridized carbons (Fsp3) is 0.500. The van der Waals surface area contributed by atoms with Crippen molar-refractivity contribution in [1.29, 1.82) is 0 Å². The van der Waals surface area contributed by atoms with Gasteiger partial charge in [-0.2, -0.15) is 13.2 Å². The first-order chi connectivity index (χ1) is 13.7. The van der Waals surface area contributed by atoms with Crippen LogP contribution in [-0.4, -0.2) is 41.1 Å². The van der Waals surface area contributed by atoms with Crippen molar-refractivity contribution in [3.8, 4) is 0 Å². The van der Waals surface area contributed by atoms with E-state index < -0.39 is 23.1 Å². The number of rotatable bonds is 7. The minimum absolute atomic E-state index is 0.0423. The van der Waals surface area contributed by atoms with E-state index >= 15 is 0 Å². The summed E-state index contributed by atoms with van der Waals surface area (Å²) in [5.74, 6) is -0.941. The molecule has 2 atom stereocenters. The summed E-state index contributed by atoms with van der Waals surface area (Å²) < 4.78 is 38.2. The summed E-state index contributed by atoms with van der Waals surface area (Å²) in [5, 5.41) is 11.0. The number of alkyl halides is 3. The van der Waals surface area contributed by atoms with Crippen LogP contribution in [0.5, 0.6) is 0 Å². The molecular weight excluding hydrogens is 409 g/mol. The lowest BCUT2D eigenvalue weighted by molar-refractivity contribution is -0.137. The average Bonchev–Trinajstić information content (AvgIpc) is 3.43. The van der Waals surface area contributed by atoms with Gasteiger partial charge in [-0.05, 0) is 31.0 Å². The van der Waals surface area contributed by atoms with Gasteiger partial charge in [0.25, 0.3) is 0 Å². The highest BCUT2D eigenvalue weighted by Crippen LogP contribution is 2.30. The van der Waals surface area contributed by atoms with Gasteiger partial charge in [-0.3, -0.25) is 19.7 Å². The molecule has 1 aliphatic heterocycles. The summed E-state index contributed by atoms with van der Waals surface area (Å²) in [6, 6.07) is 4.26. The molecule has 1 heterocycles. The SMILES string of the molecule is O=C(CSC1NC(=O)CC(CC(=O)NC2CC2)N1)Nc1cccc(C(F)(F)F)c1. The molecule has 1 aromatic carbocycles. The van der Waals surface area contributed by atoms with Crippen LogP contribution in [0.1, 0.15) is 31.2 Å². The normalized spacial score (nSPS) is 22.0. The first-order valence-corrected chi connectivity index (χ1v) is 10.2. The molecule has 0 bridgehead atoms. The minimum atomic E-state index is -4.49. The van der Waals surface area contributed by atoms with Crippen molar-refractivity contribution in [2.75, 3.05) is 11.1 Å². The van der Waals surface area contributed by atoms with E-state index in [0.717, 1.165) is 36.7 Å². The molecule has 3 rings (SSSR count). The second-order valence-corrected chi connectivity index (χ2v) is 8.09. The number of thioether (sulfide) groups is 1. The third kappa shape index (κ3) is 6.93. The van der Waals surface area contributed by atoms with Crippen LogP contribution in [0.4, 0.5) is 18.9 Å². The highest BCUT2D eigenvalue weighted by Gasteiger charge is 2.31. The maximum absolute atomic E-state index is 12.7. The molecule has 2 fully saturated rings. The number of carbonyl (C=O) groups excluding carboxylic acids is 3. The summed E-state index contributed by atoms with van der Waals surface area (Å²) in [6.45, 7) is 0. The zero-order chi connectivity index (χ0) is 21.0. The monoisotopic (exact) mass is 430 g/mol. The first kappa shape index (κ1) is 21.4. The molecule has 29 heavy (non-hydrogen) atoms. The van der Waals surface area contributed by atoms with Crippen LogP contribution in [0.15, 0.2) is 24.3 Å². The molecule has 1 aliphatic carbocycles. The molecule has 1 saturated carbocycles. The fourth-order valence-corrected chi connectivity index (χ4v) is 3.73. The quantitative estimate of drug-likeness (QED) is 0.529. The third-order valence-corrected chi connectivity index (χ3v) is 5.36. The van der Waals surface area contributed by atoms with E-state index in [0.29, 0.717) is 0 Å². The summed E-state index contributed by atoms with van der Waals surface area (Å²) >= 11 is 1.09. The summed E-state index contributed by atoms with van der Waals surface area (Å²) in [6.07, 6.45) is -2.22. The van der Waals surface area contributed by atoms with Gasteiger partial charge in [0.05, 0.1) is 11.3 Å². The molecule has 0 aromatic heterocycles. The average molecular weight is 430 g/mol. The number of hydrogen-bond donors (Lipinski definition) is 4. The number of hydrogen-bond acceptors (Lipinski definition) is 5. The Balaban J connectivity index is 1.46. The molecule has 7 nitrogen and oxygen atoms in total. The Labute approximate surface area is 169 Å². The Morgan fingerprint density at radius 3 is 2.66 bits per heavy atom. The lowest BCUT2D eigenvalue weighted by Crippen LogP contribution is -2.56. The third-order valence-electron chi connectivity index (χ3n) is 4.34. The van der Waals surface area contributed by atoms with Crippen LogP contribution in [0.3, 0.4) is 0 Å².